The van der Waals surface area contributed by atoms with Crippen LogP contribution in [-0.4, -0.2) is 45.9 Å². The van der Waals surface area contributed by atoms with E-state index in [0.717, 1.165) is 11.1 Å². The maximum Gasteiger partial charge on any atom is 0.326 e. The Bertz CT molecular complexity index is 1140. The lowest BCUT2D eigenvalue weighted by atomic mass is 9.87. The number of hydrogen-bond donors (Lipinski definition) is 2. The molecule has 1 saturated carbocycles. The minimum absolute atomic E-state index is 0.204. The summed E-state index contributed by atoms with van der Waals surface area (Å²) in [5.41, 5.74) is 2.21. The fourth-order valence-electron chi connectivity index (χ4n) is 5.60. The lowest BCUT2D eigenvalue weighted by Gasteiger charge is -2.39. The molecule has 1 saturated heterocycles. The second kappa shape index (κ2) is 9.14. The number of aliphatic carboxylic acids is 1. The van der Waals surface area contributed by atoms with Crippen LogP contribution in [0.1, 0.15) is 40.2 Å². The molecular weight excluding hydrogens is 428 g/mol. The van der Waals surface area contributed by atoms with Gasteiger partial charge >= 0.3 is 5.97 Å². The van der Waals surface area contributed by atoms with Crippen molar-refractivity contribution in [2.45, 2.75) is 36.9 Å². The average molecular weight is 455 g/mol. The van der Waals surface area contributed by atoms with Crippen molar-refractivity contribution < 1.29 is 19.5 Å². The predicted octanol–water partition coefficient (Wildman–Crippen LogP) is 3.69. The summed E-state index contributed by atoms with van der Waals surface area (Å²) in [6.45, 7) is 0. The van der Waals surface area contributed by atoms with E-state index in [9.17, 15) is 19.5 Å². The number of carbonyl (C=O) groups excluding carboxylic acids is 2. The summed E-state index contributed by atoms with van der Waals surface area (Å²) in [4.78, 5) is 40.7. The Hall–Kier alpha value is -3.93. The number of fused-ring (bicyclic) bond motifs is 2. The first-order valence-corrected chi connectivity index (χ1v) is 11.6. The van der Waals surface area contributed by atoms with Crippen molar-refractivity contribution in [2.24, 2.45) is 5.92 Å². The highest BCUT2D eigenvalue weighted by molar-refractivity contribution is 5.95. The molecule has 172 valence electrons. The number of rotatable bonds is 6. The molecule has 2 aliphatic rings. The first-order chi connectivity index (χ1) is 16.5. The number of benzene rings is 3. The lowest BCUT2D eigenvalue weighted by Crippen LogP contribution is -2.57. The summed E-state index contributed by atoms with van der Waals surface area (Å²) in [5.74, 6) is -2.36. The van der Waals surface area contributed by atoms with Crippen LogP contribution in [0.25, 0.3) is 0 Å². The molecule has 2 amide bonds. The zero-order valence-corrected chi connectivity index (χ0v) is 18.6. The summed E-state index contributed by atoms with van der Waals surface area (Å²) in [6, 6.07) is 26.4. The lowest BCUT2D eigenvalue weighted by molar-refractivity contribution is -0.153. The van der Waals surface area contributed by atoms with E-state index in [1.807, 2.05) is 66.7 Å². The third kappa shape index (κ3) is 3.96. The van der Waals surface area contributed by atoms with Gasteiger partial charge < -0.3 is 15.3 Å². The van der Waals surface area contributed by atoms with Gasteiger partial charge in [-0.05, 0) is 36.1 Å². The van der Waals surface area contributed by atoms with E-state index in [0.29, 0.717) is 18.4 Å². The van der Waals surface area contributed by atoms with Crippen LogP contribution in [0.3, 0.4) is 0 Å². The first kappa shape index (κ1) is 21.9. The van der Waals surface area contributed by atoms with Crippen LogP contribution in [0.4, 0.5) is 0 Å². The quantitative estimate of drug-likeness (QED) is 0.595. The van der Waals surface area contributed by atoms with Crippen molar-refractivity contribution in [2.75, 3.05) is 0 Å². The highest BCUT2D eigenvalue weighted by Crippen LogP contribution is 2.45. The highest BCUT2D eigenvalue weighted by Gasteiger charge is 2.57. The number of nitrogens with one attached hydrogen (secondary N) is 1. The first-order valence-electron chi connectivity index (χ1n) is 11.6. The Kier molecular flexibility index (Phi) is 5.88. The molecule has 4 atom stereocenters. The van der Waals surface area contributed by atoms with E-state index in [1.54, 1.807) is 29.2 Å². The second-order valence-corrected chi connectivity index (χ2v) is 9.02. The summed E-state index contributed by atoms with van der Waals surface area (Å²) < 4.78 is 0. The van der Waals surface area contributed by atoms with Crippen molar-refractivity contribution in [3.63, 3.8) is 0 Å². The zero-order valence-electron chi connectivity index (χ0n) is 18.6. The van der Waals surface area contributed by atoms with Crippen LogP contribution in [0.5, 0.6) is 0 Å². The van der Waals surface area contributed by atoms with Crippen LogP contribution in [-0.2, 0) is 9.59 Å². The van der Waals surface area contributed by atoms with E-state index in [-0.39, 0.29) is 29.8 Å². The van der Waals surface area contributed by atoms with Gasteiger partial charge in [0.05, 0.1) is 5.92 Å². The van der Waals surface area contributed by atoms with Crippen LogP contribution >= 0.6 is 0 Å². The molecule has 6 nitrogen and oxygen atoms in total. The molecule has 6 heteroatoms. The van der Waals surface area contributed by atoms with Crippen molar-refractivity contribution >= 4 is 17.8 Å². The van der Waals surface area contributed by atoms with Crippen molar-refractivity contribution in [3.05, 3.63) is 108 Å². The minimum Gasteiger partial charge on any atom is -0.480 e. The Balaban J connectivity index is 1.42. The molecule has 2 fully saturated rings. The van der Waals surface area contributed by atoms with Gasteiger partial charge in [0.15, 0.2) is 0 Å². The summed E-state index contributed by atoms with van der Waals surface area (Å²) in [6.07, 6.45) is 1.12. The summed E-state index contributed by atoms with van der Waals surface area (Å²) >= 11 is 0. The number of hydrogen-bond acceptors (Lipinski definition) is 3. The van der Waals surface area contributed by atoms with Gasteiger partial charge in [0.25, 0.3) is 5.91 Å². The number of carboxylic acid groups (broad SMARTS) is 1. The largest absolute Gasteiger partial charge is 0.480 e. The van der Waals surface area contributed by atoms with Gasteiger partial charge in [0.2, 0.25) is 5.91 Å². The van der Waals surface area contributed by atoms with Crippen LogP contribution in [0.2, 0.25) is 0 Å². The number of nitrogens with zero attached hydrogens (tertiary/aromatic N) is 1. The van der Waals surface area contributed by atoms with Crippen molar-refractivity contribution in [1.82, 2.24) is 10.2 Å². The molecule has 5 rings (SSSR count). The van der Waals surface area contributed by atoms with Crippen molar-refractivity contribution in [3.8, 4) is 0 Å². The second-order valence-electron chi connectivity index (χ2n) is 9.02. The number of carboxylic acids is 1. The van der Waals surface area contributed by atoms with Crippen LogP contribution in [0, 0.1) is 5.92 Å². The Morgan fingerprint density at radius 1 is 0.794 bits per heavy atom. The fraction of sp³-hybridized carbons (Fsp3) is 0.250. The molecule has 3 aromatic rings. The minimum atomic E-state index is -1.03. The molecule has 3 aromatic carbocycles. The van der Waals surface area contributed by atoms with Gasteiger partial charge in [0, 0.05) is 23.6 Å². The maximum atomic E-state index is 14.0. The summed E-state index contributed by atoms with van der Waals surface area (Å²) in [5, 5.41) is 13.2. The third-order valence-corrected chi connectivity index (χ3v) is 7.06. The number of piperidine rings is 1. The average Bonchev–Trinajstić information content (AvgIpc) is 3.44. The zero-order chi connectivity index (χ0) is 23.7. The van der Waals surface area contributed by atoms with E-state index in [4.69, 9.17) is 0 Å². The predicted molar refractivity (Wildman–Crippen MR) is 127 cm³/mol. The molecule has 0 spiro atoms. The molecule has 1 aliphatic carbocycles. The van der Waals surface area contributed by atoms with E-state index >= 15 is 0 Å². The number of amides is 2. The molecule has 3 unspecified atom stereocenters. The van der Waals surface area contributed by atoms with Crippen LogP contribution < -0.4 is 5.32 Å². The molecular formula is C28H26N2O4. The Labute approximate surface area is 198 Å². The molecule has 0 radical (unpaired) electrons. The van der Waals surface area contributed by atoms with Gasteiger partial charge in [-0.3, -0.25) is 9.59 Å². The fourth-order valence-corrected chi connectivity index (χ4v) is 5.60. The number of likely N-dealkylation sites (tertiary alicyclic amines) is 1. The van der Waals surface area contributed by atoms with E-state index in [1.165, 1.54) is 0 Å². The highest BCUT2D eigenvalue weighted by atomic mass is 16.4. The smallest absolute Gasteiger partial charge is 0.326 e. The van der Waals surface area contributed by atoms with E-state index < -0.39 is 17.9 Å². The molecule has 0 aromatic heterocycles. The normalized spacial score (nSPS) is 23.1. The monoisotopic (exact) mass is 454 g/mol. The SMILES string of the molecule is O=C(NC1CC2C[C@@H]1C(C(=O)O)N2C(=O)C(c1ccccc1)c1ccccc1)c1ccccc1. The van der Waals surface area contributed by atoms with Gasteiger partial charge in [-0.1, -0.05) is 78.9 Å². The van der Waals surface area contributed by atoms with Gasteiger partial charge in [0.1, 0.15) is 6.04 Å². The van der Waals surface area contributed by atoms with Gasteiger partial charge in [-0.2, -0.15) is 0 Å². The summed E-state index contributed by atoms with van der Waals surface area (Å²) in [7, 11) is 0. The van der Waals surface area contributed by atoms with Crippen LogP contribution in [0.15, 0.2) is 91.0 Å². The third-order valence-electron chi connectivity index (χ3n) is 7.06. The van der Waals surface area contributed by atoms with Gasteiger partial charge in [-0.15, -0.1) is 0 Å². The maximum absolute atomic E-state index is 14.0. The molecule has 34 heavy (non-hydrogen) atoms. The molecule has 1 aliphatic heterocycles. The Morgan fingerprint density at radius 2 is 1.32 bits per heavy atom. The topological polar surface area (TPSA) is 86.7 Å². The molecule has 2 N–H and O–H groups in total. The van der Waals surface area contributed by atoms with E-state index in [2.05, 4.69) is 5.32 Å². The molecule has 2 bridgehead atoms. The number of carbonyl (C=O) groups is 3. The van der Waals surface area contributed by atoms with Crippen molar-refractivity contribution in [1.29, 1.82) is 0 Å². The molecule has 1 heterocycles. The Morgan fingerprint density at radius 3 is 1.85 bits per heavy atom. The van der Waals surface area contributed by atoms with Gasteiger partial charge in [-0.25, -0.2) is 4.79 Å². The standard InChI is InChI=1S/C28H26N2O4/c31-26(20-14-8-3-9-15-20)29-23-17-21-16-22(23)25(28(33)34)30(21)27(32)24(18-10-4-1-5-11-18)19-12-6-2-7-13-19/h1-15,21-25H,16-17H2,(H,29,31)(H,33,34)/t21?,22-,23?,25?/m0/s1.